The van der Waals surface area contributed by atoms with E-state index in [2.05, 4.69) is 0 Å². The molecule has 2 aromatic rings. The molecular weight excluding hydrogens is 471 g/mol. The molecule has 1 heterocycles. The molecule has 1 aliphatic heterocycles. The van der Waals surface area contributed by atoms with Crippen LogP contribution in [0.25, 0.3) is 5.57 Å². The number of carbonyl (C=O) groups is 3. The molecule has 1 aliphatic carbocycles. The number of phenols is 1. The summed E-state index contributed by atoms with van der Waals surface area (Å²) in [6, 6.07) is 6.91. The van der Waals surface area contributed by atoms with Gasteiger partial charge in [0.2, 0.25) is 0 Å². The molecule has 3 N–H and O–H groups in total. The van der Waals surface area contributed by atoms with Crippen molar-refractivity contribution in [3.8, 4) is 5.75 Å². The molecule has 0 saturated heterocycles. The molecule has 0 spiro atoms. The summed E-state index contributed by atoms with van der Waals surface area (Å²) in [6.07, 6.45) is 2.93. The van der Waals surface area contributed by atoms with E-state index in [0.29, 0.717) is 27.1 Å². The first-order valence-corrected chi connectivity index (χ1v) is 13.2. The first-order chi connectivity index (χ1) is 15.0. The van der Waals surface area contributed by atoms with Crippen molar-refractivity contribution in [3.63, 3.8) is 0 Å². The lowest BCUT2D eigenvalue weighted by atomic mass is 9.86. The third-order valence-corrected chi connectivity index (χ3v) is 10.4. The Morgan fingerprint density at radius 1 is 0.938 bits per heavy atom. The molecular formula is C23H16Cl2O6Si-. The van der Waals surface area contributed by atoms with Crippen LogP contribution in [0.2, 0.25) is 18.1 Å². The van der Waals surface area contributed by atoms with E-state index < -0.39 is 20.0 Å². The molecule has 4 rings (SSSR count). The van der Waals surface area contributed by atoms with Gasteiger partial charge in [0.15, 0.2) is 5.78 Å². The first kappa shape index (κ1) is 22.1. The molecule has 0 fully saturated rings. The van der Waals surface area contributed by atoms with Crippen LogP contribution in [0.4, 0.5) is 0 Å². The standard InChI is InChI=1S/C23H16Cl2O6Si/c1-32(2)20-12(5-7-15(26)18(20)24)17(13-6-8-16(27)19(25)21(13)32)11-4-3-10(22(28)29)9-14(11)23(30)31/h3-9,26H,1-2H3,(H,28,29)(H,30,31)/q-1. The van der Waals surface area contributed by atoms with Gasteiger partial charge in [-0.05, 0) is 46.5 Å². The SMILES string of the molecule is C[Si-]1(C)C2=C(Cl)C(=O)C=CC2=C(c2ccc(C(=O)O)cc2C(=O)O)c2ccc(O)c(Cl)c21. The van der Waals surface area contributed by atoms with Gasteiger partial charge in [-0.3, -0.25) is 4.79 Å². The van der Waals surface area contributed by atoms with E-state index in [1.165, 1.54) is 24.3 Å². The zero-order valence-corrected chi connectivity index (χ0v) is 19.4. The average molecular weight is 487 g/mol. The Balaban J connectivity index is 2.20. The van der Waals surface area contributed by atoms with E-state index in [9.17, 15) is 29.7 Å². The zero-order valence-electron chi connectivity index (χ0n) is 16.9. The molecule has 0 unspecified atom stereocenters. The van der Waals surface area contributed by atoms with Crippen LogP contribution in [0, 0.1) is 0 Å². The number of carboxylic acids is 2. The summed E-state index contributed by atoms with van der Waals surface area (Å²) in [4.78, 5) is 35.9. The number of phenolic OH excluding ortho intramolecular Hbond substituents is 1. The number of aromatic carboxylic acids is 2. The number of rotatable bonds is 3. The number of hydrogen-bond donors (Lipinski definition) is 3. The van der Waals surface area contributed by atoms with Crippen molar-refractivity contribution in [1.82, 2.24) is 0 Å². The number of ketones is 1. The second-order valence-electron chi connectivity index (χ2n) is 7.99. The number of hydrogen-bond acceptors (Lipinski definition) is 4. The van der Waals surface area contributed by atoms with Gasteiger partial charge in [-0.1, -0.05) is 49.5 Å². The highest BCUT2D eigenvalue weighted by Gasteiger charge is 2.36. The lowest BCUT2D eigenvalue weighted by Crippen LogP contribution is -2.50. The molecule has 0 amide bonds. The summed E-state index contributed by atoms with van der Waals surface area (Å²) >= 11 is 13.0. The van der Waals surface area contributed by atoms with Crippen LogP contribution in [-0.4, -0.2) is 41.1 Å². The Morgan fingerprint density at radius 3 is 2.22 bits per heavy atom. The second kappa shape index (κ2) is 7.48. The van der Waals surface area contributed by atoms with E-state index in [-0.39, 0.29) is 38.3 Å². The minimum absolute atomic E-state index is 0.0285. The normalized spacial score (nSPS) is 16.7. The maximum atomic E-state index is 12.4. The van der Waals surface area contributed by atoms with Crippen LogP contribution >= 0.6 is 23.2 Å². The van der Waals surface area contributed by atoms with Crippen LogP contribution in [0.15, 0.2) is 58.3 Å². The van der Waals surface area contributed by atoms with Gasteiger partial charge in [-0.2, -0.15) is 23.5 Å². The van der Waals surface area contributed by atoms with E-state index in [4.69, 9.17) is 23.2 Å². The molecule has 163 valence electrons. The van der Waals surface area contributed by atoms with Crippen molar-refractivity contribution in [1.29, 1.82) is 0 Å². The number of allylic oxidation sites excluding steroid dienone is 5. The minimum atomic E-state index is -2.72. The number of carboxylic acid groups (broad SMARTS) is 2. The average Bonchev–Trinajstić information content (AvgIpc) is 2.72. The lowest BCUT2D eigenvalue weighted by Gasteiger charge is -2.48. The van der Waals surface area contributed by atoms with Crippen molar-refractivity contribution < 1.29 is 29.7 Å². The monoisotopic (exact) mass is 486 g/mol. The second-order valence-corrected chi connectivity index (χ2v) is 13.0. The molecule has 9 heteroatoms. The highest BCUT2D eigenvalue weighted by atomic mass is 35.5. The third-order valence-electron chi connectivity index (χ3n) is 5.78. The largest absolute Gasteiger partial charge is 0.507 e. The molecule has 0 atom stereocenters. The van der Waals surface area contributed by atoms with Crippen LogP contribution < -0.4 is 5.19 Å². The summed E-state index contributed by atoms with van der Waals surface area (Å²) in [5.74, 6) is -3.07. The van der Waals surface area contributed by atoms with Crippen molar-refractivity contribution >= 4 is 59.8 Å². The molecule has 0 bridgehead atoms. The molecule has 2 aromatic carbocycles. The van der Waals surface area contributed by atoms with Gasteiger partial charge in [-0.25, -0.2) is 9.59 Å². The van der Waals surface area contributed by atoms with Crippen molar-refractivity contribution in [2.24, 2.45) is 0 Å². The fourth-order valence-corrected chi connectivity index (χ4v) is 9.50. The van der Waals surface area contributed by atoms with Gasteiger partial charge in [0.25, 0.3) is 0 Å². The van der Waals surface area contributed by atoms with E-state index >= 15 is 0 Å². The van der Waals surface area contributed by atoms with Crippen LogP contribution in [0.3, 0.4) is 0 Å². The fraction of sp³-hybridized carbons (Fsp3) is 0.0870. The van der Waals surface area contributed by atoms with Gasteiger partial charge < -0.3 is 15.3 Å². The predicted octanol–water partition coefficient (Wildman–Crippen LogP) is 4.34. The molecule has 32 heavy (non-hydrogen) atoms. The maximum absolute atomic E-state index is 12.4. The van der Waals surface area contributed by atoms with Gasteiger partial charge in [0, 0.05) is 0 Å². The Morgan fingerprint density at radius 2 is 1.59 bits per heavy atom. The number of fused-ring (bicyclic) bond motifs is 2. The topological polar surface area (TPSA) is 112 Å². The number of carbonyl (C=O) groups excluding carboxylic acids is 1. The Labute approximate surface area is 193 Å². The fourth-order valence-electron chi connectivity index (χ4n) is 4.39. The van der Waals surface area contributed by atoms with E-state index in [1.54, 1.807) is 12.1 Å². The number of benzene rings is 2. The van der Waals surface area contributed by atoms with Crippen molar-refractivity contribution in [3.05, 3.63) is 85.6 Å². The van der Waals surface area contributed by atoms with E-state index in [1.807, 2.05) is 13.1 Å². The summed E-state index contributed by atoms with van der Waals surface area (Å²) < 4.78 is 0. The summed E-state index contributed by atoms with van der Waals surface area (Å²) in [6.45, 7) is 3.90. The quantitative estimate of drug-likeness (QED) is 0.556. The predicted molar refractivity (Wildman–Crippen MR) is 124 cm³/mol. The van der Waals surface area contributed by atoms with Crippen LogP contribution in [0.1, 0.15) is 31.8 Å². The minimum Gasteiger partial charge on any atom is -0.507 e. The summed E-state index contributed by atoms with van der Waals surface area (Å²) in [7, 11) is -2.72. The Hall–Kier alpha value is -3.13. The smallest absolute Gasteiger partial charge is 0.336 e. The third kappa shape index (κ3) is 3.12. The number of halogens is 2. The molecule has 0 aromatic heterocycles. The van der Waals surface area contributed by atoms with Gasteiger partial charge in [-0.15, -0.1) is 0 Å². The Bertz CT molecular complexity index is 1350. The van der Waals surface area contributed by atoms with Crippen LogP contribution in [0.5, 0.6) is 5.75 Å². The van der Waals surface area contributed by atoms with Gasteiger partial charge in [0.1, 0.15) is 5.75 Å². The molecule has 2 aliphatic rings. The summed E-state index contributed by atoms with van der Waals surface area (Å²) in [5, 5.41) is 30.8. The molecule has 0 radical (unpaired) electrons. The molecule has 0 saturated carbocycles. The number of aromatic hydroxyl groups is 1. The van der Waals surface area contributed by atoms with E-state index in [0.717, 1.165) is 6.07 Å². The maximum Gasteiger partial charge on any atom is 0.336 e. The highest BCUT2D eigenvalue weighted by Crippen LogP contribution is 2.46. The van der Waals surface area contributed by atoms with Gasteiger partial charge in [0.05, 0.1) is 21.2 Å². The van der Waals surface area contributed by atoms with Crippen LogP contribution in [-0.2, 0) is 4.79 Å². The zero-order chi connectivity index (χ0) is 23.5. The Kier molecular flexibility index (Phi) is 5.16. The van der Waals surface area contributed by atoms with Gasteiger partial charge >= 0.3 is 11.9 Å². The van der Waals surface area contributed by atoms with Crippen molar-refractivity contribution in [2.45, 2.75) is 13.1 Å². The lowest BCUT2D eigenvalue weighted by molar-refractivity contribution is -0.110. The van der Waals surface area contributed by atoms with Crippen molar-refractivity contribution in [2.75, 3.05) is 0 Å². The highest BCUT2D eigenvalue weighted by molar-refractivity contribution is 6.99. The summed E-state index contributed by atoms with van der Waals surface area (Å²) in [5.41, 5.74) is 1.52. The first-order valence-electron chi connectivity index (χ1n) is 9.47. The molecule has 6 nitrogen and oxygen atoms in total.